The van der Waals surface area contributed by atoms with Gasteiger partial charge in [0.05, 0.1) is 27.2 Å². The second kappa shape index (κ2) is 12.7. The number of carbonyl (C=O) groups is 1. The maximum Gasteiger partial charge on any atom is 0.314 e. The van der Waals surface area contributed by atoms with Crippen molar-refractivity contribution < 1.29 is 14.0 Å². The molecule has 0 saturated carbocycles. The molecule has 6 heteroatoms. The molecule has 0 rings (SSSR count). The molecule has 0 unspecified atom stereocenters. The van der Waals surface area contributed by atoms with Gasteiger partial charge in [-0.15, -0.1) is 0 Å². The molecule has 0 aromatic heterocycles. The predicted octanol–water partition coefficient (Wildman–Crippen LogP) is 1.13. The summed E-state index contributed by atoms with van der Waals surface area (Å²) < 4.78 is 6.46. The number of quaternary nitrogens is 1. The van der Waals surface area contributed by atoms with E-state index >= 15 is 0 Å². The Hall–Kier alpha value is -0.850. The van der Waals surface area contributed by atoms with E-state index in [0.29, 0.717) is 0 Å². The molecule has 0 aliphatic rings. The van der Waals surface area contributed by atoms with Crippen LogP contribution in [0.4, 0.5) is 4.79 Å². The fourth-order valence-corrected chi connectivity index (χ4v) is 2.04. The zero-order valence-corrected chi connectivity index (χ0v) is 15.3. The fourth-order valence-electron chi connectivity index (χ4n) is 2.04. The first-order valence-electron chi connectivity index (χ1n) is 8.43. The maximum atomic E-state index is 11.6. The van der Waals surface area contributed by atoms with Gasteiger partial charge in [-0.3, -0.25) is 0 Å². The Morgan fingerprint density at radius 3 is 2.27 bits per heavy atom. The Morgan fingerprint density at radius 1 is 1.05 bits per heavy atom. The predicted molar refractivity (Wildman–Crippen MR) is 92.1 cm³/mol. The van der Waals surface area contributed by atoms with Crippen LogP contribution in [0.15, 0.2) is 0 Å². The lowest BCUT2D eigenvalue weighted by atomic mass is 10.3. The number of amides is 2. The second-order valence-electron chi connectivity index (χ2n) is 6.69. The second-order valence-corrected chi connectivity index (χ2v) is 6.69. The first kappa shape index (κ1) is 21.1. The highest BCUT2D eigenvalue weighted by atomic mass is 16.5. The molecule has 0 aliphatic heterocycles. The lowest BCUT2D eigenvalue weighted by Crippen LogP contribution is -2.45. The standard InChI is InChI=1S/C16H36N4O2/c1-6-14-22-15-13-20(4,5)12-8-10-18-16(21)17-9-7-11-19(2)3/h6-15H2,1-5H3,(H-,17,18,21)/p+1. The highest BCUT2D eigenvalue weighted by molar-refractivity contribution is 5.73. The Labute approximate surface area is 136 Å². The van der Waals surface area contributed by atoms with Gasteiger partial charge in [-0.2, -0.15) is 0 Å². The minimum absolute atomic E-state index is 0.0599. The van der Waals surface area contributed by atoms with Crippen LogP contribution in [-0.4, -0.2) is 89.5 Å². The molecule has 0 atom stereocenters. The number of hydrogen-bond acceptors (Lipinski definition) is 3. The Bertz CT molecular complexity index is 283. The van der Waals surface area contributed by atoms with Gasteiger partial charge < -0.3 is 24.8 Å². The van der Waals surface area contributed by atoms with Gasteiger partial charge in [-0.05, 0) is 33.5 Å². The van der Waals surface area contributed by atoms with Crippen molar-refractivity contribution in [2.45, 2.75) is 26.2 Å². The van der Waals surface area contributed by atoms with E-state index in [1.54, 1.807) is 0 Å². The molecule has 2 amide bonds. The summed E-state index contributed by atoms with van der Waals surface area (Å²) in [6.07, 6.45) is 3.02. The van der Waals surface area contributed by atoms with E-state index in [-0.39, 0.29) is 6.03 Å². The topological polar surface area (TPSA) is 53.6 Å². The Kier molecular flexibility index (Phi) is 12.2. The van der Waals surface area contributed by atoms with Crippen LogP contribution in [0, 0.1) is 0 Å². The summed E-state index contributed by atoms with van der Waals surface area (Å²) in [4.78, 5) is 13.7. The van der Waals surface area contributed by atoms with Crippen LogP contribution in [0.2, 0.25) is 0 Å². The lowest BCUT2D eigenvalue weighted by Gasteiger charge is -2.29. The molecule has 0 aliphatic carbocycles. The van der Waals surface area contributed by atoms with Crippen LogP contribution < -0.4 is 10.6 Å². The average Bonchev–Trinajstić information content (AvgIpc) is 2.44. The van der Waals surface area contributed by atoms with Gasteiger partial charge in [0.1, 0.15) is 6.54 Å². The lowest BCUT2D eigenvalue weighted by molar-refractivity contribution is -0.890. The fraction of sp³-hybridized carbons (Fsp3) is 0.938. The monoisotopic (exact) mass is 317 g/mol. The summed E-state index contributed by atoms with van der Waals surface area (Å²) in [7, 11) is 8.48. The average molecular weight is 317 g/mol. The van der Waals surface area contributed by atoms with Crippen LogP contribution >= 0.6 is 0 Å². The number of carbonyl (C=O) groups excluding carboxylic acids is 1. The molecule has 0 heterocycles. The summed E-state index contributed by atoms with van der Waals surface area (Å²) in [6, 6.07) is -0.0599. The van der Waals surface area contributed by atoms with E-state index in [2.05, 4.69) is 36.6 Å². The SMILES string of the molecule is CCCOCC[N+](C)(C)CCCNC(=O)NCCCN(C)C. The first-order valence-corrected chi connectivity index (χ1v) is 8.43. The number of hydrogen-bond donors (Lipinski definition) is 2. The third-order valence-electron chi connectivity index (χ3n) is 3.48. The smallest absolute Gasteiger partial charge is 0.314 e. The first-order chi connectivity index (χ1) is 10.4. The number of urea groups is 1. The van der Waals surface area contributed by atoms with E-state index in [0.717, 1.165) is 69.7 Å². The maximum absolute atomic E-state index is 11.6. The van der Waals surface area contributed by atoms with Gasteiger partial charge in [0.15, 0.2) is 0 Å². The molecule has 0 fully saturated rings. The summed E-state index contributed by atoms with van der Waals surface area (Å²) in [6.45, 7) is 8.25. The van der Waals surface area contributed by atoms with Crippen molar-refractivity contribution >= 4 is 6.03 Å². The quantitative estimate of drug-likeness (QED) is 0.395. The van der Waals surface area contributed by atoms with Crippen LogP contribution in [0.25, 0.3) is 0 Å². The van der Waals surface area contributed by atoms with Gasteiger partial charge >= 0.3 is 6.03 Å². The van der Waals surface area contributed by atoms with Crippen molar-refractivity contribution in [3.05, 3.63) is 0 Å². The molecule has 0 saturated heterocycles. The van der Waals surface area contributed by atoms with Crippen molar-refractivity contribution in [3.63, 3.8) is 0 Å². The van der Waals surface area contributed by atoms with Crippen molar-refractivity contribution in [2.24, 2.45) is 0 Å². The van der Waals surface area contributed by atoms with Gasteiger partial charge in [0, 0.05) is 26.1 Å². The van der Waals surface area contributed by atoms with E-state index in [1.165, 1.54) is 0 Å². The van der Waals surface area contributed by atoms with Crippen molar-refractivity contribution in [2.75, 3.05) is 74.1 Å². The minimum Gasteiger partial charge on any atom is -0.376 e. The molecule has 0 spiro atoms. The molecule has 6 nitrogen and oxygen atoms in total. The van der Waals surface area contributed by atoms with Crippen molar-refractivity contribution in [1.82, 2.24) is 15.5 Å². The van der Waals surface area contributed by atoms with Crippen molar-refractivity contribution in [3.8, 4) is 0 Å². The number of rotatable bonds is 13. The molecule has 2 N–H and O–H groups in total. The highest BCUT2D eigenvalue weighted by Crippen LogP contribution is 1.99. The highest BCUT2D eigenvalue weighted by Gasteiger charge is 2.14. The third-order valence-corrected chi connectivity index (χ3v) is 3.48. The van der Waals surface area contributed by atoms with Crippen LogP contribution in [0.1, 0.15) is 26.2 Å². The van der Waals surface area contributed by atoms with Gasteiger partial charge in [-0.25, -0.2) is 4.79 Å². The number of ether oxygens (including phenoxy) is 1. The number of nitrogens with one attached hydrogen (secondary N) is 2. The van der Waals surface area contributed by atoms with E-state index in [4.69, 9.17) is 4.74 Å². The normalized spacial score (nSPS) is 11.7. The molecular weight excluding hydrogens is 280 g/mol. The molecule has 22 heavy (non-hydrogen) atoms. The Morgan fingerprint density at radius 2 is 1.68 bits per heavy atom. The van der Waals surface area contributed by atoms with Crippen molar-refractivity contribution in [1.29, 1.82) is 0 Å². The van der Waals surface area contributed by atoms with Crippen LogP contribution in [0.5, 0.6) is 0 Å². The zero-order valence-electron chi connectivity index (χ0n) is 15.3. The Balaban J connectivity index is 3.54. The molecule has 0 aromatic carbocycles. The summed E-state index contributed by atoms with van der Waals surface area (Å²) >= 11 is 0. The number of likely N-dealkylation sites (N-methyl/N-ethyl adjacent to an activating group) is 1. The molecular formula is C16H37N4O2+. The largest absolute Gasteiger partial charge is 0.376 e. The summed E-state index contributed by atoms with van der Waals surface area (Å²) in [5, 5.41) is 5.80. The van der Waals surface area contributed by atoms with E-state index in [1.807, 2.05) is 14.1 Å². The van der Waals surface area contributed by atoms with Gasteiger partial charge in [-0.1, -0.05) is 6.92 Å². The summed E-state index contributed by atoms with van der Waals surface area (Å²) in [5.41, 5.74) is 0. The molecule has 132 valence electrons. The van der Waals surface area contributed by atoms with Crippen LogP contribution in [-0.2, 0) is 4.74 Å². The number of nitrogens with zero attached hydrogens (tertiary/aromatic N) is 2. The van der Waals surface area contributed by atoms with Gasteiger partial charge in [0.25, 0.3) is 0 Å². The molecule has 0 aromatic rings. The minimum atomic E-state index is -0.0599. The zero-order chi connectivity index (χ0) is 16.8. The third kappa shape index (κ3) is 14.1. The molecule has 0 bridgehead atoms. The van der Waals surface area contributed by atoms with Gasteiger partial charge in [0.2, 0.25) is 0 Å². The summed E-state index contributed by atoms with van der Waals surface area (Å²) in [5.74, 6) is 0. The molecule has 0 radical (unpaired) electrons. The van der Waals surface area contributed by atoms with E-state index < -0.39 is 0 Å². The van der Waals surface area contributed by atoms with E-state index in [9.17, 15) is 4.79 Å². The van der Waals surface area contributed by atoms with Crippen LogP contribution in [0.3, 0.4) is 0 Å².